The topological polar surface area (TPSA) is 140 Å². The van der Waals surface area contributed by atoms with Gasteiger partial charge in [0.25, 0.3) is 12.1 Å². The van der Waals surface area contributed by atoms with E-state index in [2.05, 4.69) is 16.0 Å². The van der Waals surface area contributed by atoms with Crippen LogP contribution in [0.1, 0.15) is 22.9 Å². The summed E-state index contributed by atoms with van der Waals surface area (Å²) in [5.74, 6) is 0.240. The second-order valence-electron chi connectivity index (χ2n) is 7.20. The molecule has 10 heteroatoms. The lowest BCUT2D eigenvalue weighted by Gasteiger charge is -2.15. The molecule has 0 amide bonds. The van der Waals surface area contributed by atoms with Crippen molar-refractivity contribution in [2.24, 2.45) is 0 Å². The lowest BCUT2D eigenvalue weighted by Crippen LogP contribution is -2.45. The van der Waals surface area contributed by atoms with E-state index in [-0.39, 0.29) is 5.82 Å². The van der Waals surface area contributed by atoms with Gasteiger partial charge in [-0.05, 0) is 30.5 Å². The van der Waals surface area contributed by atoms with E-state index in [1.165, 1.54) is 33.1 Å². The van der Waals surface area contributed by atoms with Gasteiger partial charge < -0.3 is 30.6 Å². The van der Waals surface area contributed by atoms with Crippen molar-refractivity contribution in [2.45, 2.75) is 45.0 Å². The van der Waals surface area contributed by atoms with Crippen LogP contribution in [0.3, 0.4) is 0 Å². The van der Waals surface area contributed by atoms with Crippen LogP contribution in [0.15, 0.2) is 30.9 Å². The van der Waals surface area contributed by atoms with E-state index in [0.29, 0.717) is 17.8 Å². The van der Waals surface area contributed by atoms with E-state index in [1.54, 1.807) is 0 Å². The van der Waals surface area contributed by atoms with Gasteiger partial charge >= 0.3 is 0 Å². The van der Waals surface area contributed by atoms with E-state index in [4.69, 9.17) is 15.3 Å². The quantitative estimate of drug-likeness (QED) is 0.405. The molecule has 3 aromatic rings. The first-order valence-corrected chi connectivity index (χ1v) is 9.25. The van der Waals surface area contributed by atoms with E-state index >= 15 is 0 Å². The highest BCUT2D eigenvalue weighted by molar-refractivity contribution is 5.79. The van der Waals surface area contributed by atoms with Crippen LogP contribution in [-0.4, -0.2) is 54.8 Å². The first-order chi connectivity index (χ1) is 13.9. The largest absolute Gasteiger partial charge is 0.394 e. The molecule has 2 aromatic heterocycles. The number of ether oxygens (including phenoxy) is 1. The number of hydrogen-bond acceptors (Lipinski definition) is 8. The normalized spacial score (nSPS) is 24.3. The molecule has 4 rings (SSSR count). The molecule has 0 aliphatic carbocycles. The van der Waals surface area contributed by atoms with Gasteiger partial charge in [0.15, 0.2) is 12.8 Å². The lowest BCUT2D eigenvalue weighted by atomic mass is 10.1. The van der Waals surface area contributed by atoms with Gasteiger partial charge in [-0.15, -0.1) is 0 Å². The smallest absolute Gasteiger partial charge is 0.289 e. The molecule has 4 atom stereocenters. The fourth-order valence-corrected chi connectivity index (χ4v) is 3.37. The van der Waals surface area contributed by atoms with Crippen molar-refractivity contribution in [1.29, 1.82) is 0 Å². The van der Waals surface area contributed by atoms with Crippen LogP contribution in [0.2, 0.25) is 0 Å². The average Bonchev–Trinajstić information content (AvgIpc) is 3.26. The average molecular weight is 402 g/mol. The number of imidazole rings is 1. The first kappa shape index (κ1) is 19.5. The van der Waals surface area contributed by atoms with Crippen LogP contribution in [0.5, 0.6) is 0 Å². The molecule has 1 aliphatic rings. The predicted molar refractivity (Wildman–Crippen MR) is 101 cm³/mol. The third-order valence-electron chi connectivity index (χ3n) is 5.27. The maximum absolute atomic E-state index is 10.2. The Morgan fingerprint density at radius 1 is 1.21 bits per heavy atom. The number of aliphatic hydroxyl groups excluding tert-OH is 3. The summed E-state index contributed by atoms with van der Waals surface area (Å²) in [6.45, 7) is 3.98. The Bertz CT molecular complexity index is 1040. The molecule has 1 saturated heterocycles. The van der Waals surface area contributed by atoms with Crippen LogP contribution in [0, 0.1) is 13.8 Å². The van der Waals surface area contributed by atoms with Gasteiger partial charge in [-0.3, -0.25) is 4.57 Å². The molecule has 1 aliphatic heterocycles. The maximum atomic E-state index is 10.2. The third-order valence-corrected chi connectivity index (χ3v) is 5.27. The molecule has 0 saturated carbocycles. The van der Waals surface area contributed by atoms with Crippen molar-refractivity contribution in [3.8, 4) is 0 Å². The number of nitrogen functional groups attached to an aromatic ring is 1. The molecule has 0 unspecified atom stereocenters. The van der Waals surface area contributed by atoms with Gasteiger partial charge in [0, 0.05) is 0 Å². The second kappa shape index (κ2) is 7.56. The molecule has 154 valence electrons. The summed E-state index contributed by atoms with van der Waals surface area (Å²) < 4.78 is 8.35. The Morgan fingerprint density at radius 3 is 2.69 bits per heavy atom. The highest BCUT2D eigenvalue weighted by atomic mass is 16.7. The van der Waals surface area contributed by atoms with Crippen LogP contribution >= 0.6 is 0 Å². The second-order valence-corrected chi connectivity index (χ2v) is 7.20. The van der Waals surface area contributed by atoms with E-state index in [0.717, 1.165) is 5.56 Å². The number of aryl methyl sites for hydroxylation is 2. The standard InChI is InChI=1S/C19H23N5O5/c1-10-3-4-12(5-11(10)2)7-28-24-9-22-18-14(17(24)20)21-8-23(18)19-16(27)15(26)13(6-25)29-19/h3-5,8-9,13,15-16,19-20,25-27H,6-7H2,1-2H3/p+1/t13-,15-,16-,19-/m1/s1. The lowest BCUT2D eigenvalue weighted by molar-refractivity contribution is -0.885. The van der Waals surface area contributed by atoms with Gasteiger partial charge in [0.05, 0.1) is 6.61 Å². The van der Waals surface area contributed by atoms with E-state index in [9.17, 15) is 15.3 Å². The zero-order chi connectivity index (χ0) is 20.7. The van der Waals surface area contributed by atoms with Crippen molar-refractivity contribution in [2.75, 3.05) is 12.3 Å². The first-order valence-electron chi connectivity index (χ1n) is 9.25. The van der Waals surface area contributed by atoms with Crippen molar-refractivity contribution in [3.05, 3.63) is 47.5 Å². The Kier molecular flexibility index (Phi) is 5.09. The number of hydrogen-bond donors (Lipinski definition) is 4. The summed E-state index contributed by atoms with van der Waals surface area (Å²) in [4.78, 5) is 14.3. The molecular formula is C19H24N5O5+. The fraction of sp³-hybridized carbons (Fsp3) is 0.421. The van der Waals surface area contributed by atoms with Gasteiger partial charge in [-0.25, -0.2) is 4.98 Å². The Labute approximate surface area is 166 Å². The predicted octanol–water partition coefficient (Wildman–Crippen LogP) is -0.842. The number of aliphatic hydroxyl groups is 3. The van der Waals surface area contributed by atoms with Gasteiger partial charge in [0.1, 0.15) is 24.6 Å². The number of anilines is 1. The molecular weight excluding hydrogens is 378 g/mol. The molecule has 29 heavy (non-hydrogen) atoms. The molecule has 5 N–H and O–H groups in total. The zero-order valence-corrected chi connectivity index (χ0v) is 16.1. The zero-order valence-electron chi connectivity index (χ0n) is 16.1. The Morgan fingerprint density at radius 2 is 2.00 bits per heavy atom. The molecule has 3 heterocycles. The highest BCUT2D eigenvalue weighted by Crippen LogP contribution is 2.31. The minimum atomic E-state index is -1.24. The maximum Gasteiger partial charge on any atom is 0.289 e. The van der Waals surface area contributed by atoms with Gasteiger partial charge in [-0.1, -0.05) is 27.9 Å². The van der Waals surface area contributed by atoms with Gasteiger partial charge in [-0.2, -0.15) is 0 Å². The van der Waals surface area contributed by atoms with Crippen molar-refractivity contribution in [3.63, 3.8) is 0 Å². The van der Waals surface area contributed by atoms with Crippen LogP contribution in [-0.2, 0) is 11.3 Å². The van der Waals surface area contributed by atoms with Gasteiger partial charge in [0.2, 0.25) is 11.2 Å². The number of aromatic nitrogens is 4. The van der Waals surface area contributed by atoms with Crippen molar-refractivity contribution >= 4 is 17.0 Å². The van der Waals surface area contributed by atoms with Crippen LogP contribution in [0.25, 0.3) is 11.2 Å². The molecule has 1 aromatic carbocycles. The third kappa shape index (κ3) is 3.40. The number of rotatable bonds is 5. The number of nitrogens with two attached hydrogens (primary N) is 1. The highest BCUT2D eigenvalue weighted by Gasteiger charge is 2.44. The summed E-state index contributed by atoms with van der Waals surface area (Å²) >= 11 is 0. The number of fused-ring (bicyclic) bond motifs is 1. The summed E-state index contributed by atoms with van der Waals surface area (Å²) in [7, 11) is 0. The summed E-state index contributed by atoms with van der Waals surface area (Å²) in [6, 6.07) is 6.07. The SMILES string of the molecule is Cc1ccc(CO[n+]2cnc3c(ncn3[C@@H]3O[C@H](CO)[C@@H](O)[C@H]3O)c2N)cc1C. The fourth-order valence-electron chi connectivity index (χ4n) is 3.37. The summed E-state index contributed by atoms with van der Waals surface area (Å²) in [5, 5.41) is 29.5. The minimum absolute atomic E-state index is 0.240. The van der Waals surface area contributed by atoms with Crippen molar-refractivity contribution in [1.82, 2.24) is 14.5 Å². The van der Waals surface area contributed by atoms with E-state index < -0.39 is 31.1 Å². The van der Waals surface area contributed by atoms with E-state index in [1.807, 2.05) is 26.0 Å². The Balaban J connectivity index is 1.58. The molecule has 0 spiro atoms. The van der Waals surface area contributed by atoms with Crippen molar-refractivity contribution < 1.29 is 29.6 Å². The molecule has 0 radical (unpaired) electrons. The Hall–Kier alpha value is -2.79. The monoisotopic (exact) mass is 402 g/mol. The minimum Gasteiger partial charge on any atom is -0.394 e. The molecule has 10 nitrogen and oxygen atoms in total. The van der Waals surface area contributed by atoms with Crippen LogP contribution in [0.4, 0.5) is 5.82 Å². The molecule has 0 bridgehead atoms. The van der Waals surface area contributed by atoms with Crippen LogP contribution < -0.4 is 15.3 Å². The number of nitrogens with zero attached hydrogens (tertiary/aromatic N) is 4. The molecule has 1 fully saturated rings. The summed E-state index contributed by atoms with van der Waals surface area (Å²) in [6.07, 6.45) is -1.44. The number of benzene rings is 1. The summed E-state index contributed by atoms with van der Waals surface area (Å²) in [5.41, 5.74) is 10.3.